The maximum atomic E-state index is 8.88. The Morgan fingerprint density at radius 1 is 1.73 bits per heavy atom. The summed E-state index contributed by atoms with van der Waals surface area (Å²) in [5.41, 5.74) is 0. The Balaban J connectivity index is 2.37. The Morgan fingerprint density at radius 2 is 2.45 bits per heavy atom. The second-order valence-electron chi connectivity index (χ2n) is 2.76. The van der Waals surface area contributed by atoms with E-state index in [1.165, 1.54) is 0 Å². The zero-order chi connectivity index (χ0) is 8.27. The van der Waals surface area contributed by atoms with E-state index in [2.05, 4.69) is 0 Å². The second kappa shape index (κ2) is 4.46. The lowest BCUT2D eigenvalue weighted by molar-refractivity contribution is 0.00794. The highest BCUT2D eigenvalue weighted by Gasteiger charge is 2.32. The van der Waals surface area contributed by atoms with Gasteiger partial charge in [0.05, 0.1) is 12.7 Å². The van der Waals surface area contributed by atoms with Gasteiger partial charge in [0.2, 0.25) is 0 Å². The Kier molecular flexibility index (Phi) is 3.86. The smallest absolute Gasteiger partial charge is 0.165 e. The molecule has 0 saturated carbocycles. The summed E-state index contributed by atoms with van der Waals surface area (Å²) in [6.07, 6.45) is 0.919. The van der Waals surface area contributed by atoms with Crippen LogP contribution in [0.4, 0.5) is 0 Å². The van der Waals surface area contributed by atoms with Crippen LogP contribution in [0.25, 0.3) is 0 Å². The van der Waals surface area contributed by atoms with E-state index in [4.69, 9.17) is 14.4 Å². The standard InChI is InChI=1S/C5H13B2O3P/c6-5-1-3(10-11-7)4(2-8)9-5/h3-5,8,11H,1-2,6-7H2/t3-,4-,5-/m1/s1. The Hall–Kier alpha value is 0.440. The average molecular weight is 174 g/mol. The third kappa shape index (κ3) is 2.45. The van der Waals surface area contributed by atoms with Gasteiger partial charge < -0.3 is 14.4 Å². The molecule has 1 N–H and O–H groups in total. The first-order valence-electron chi connectivity index (χ1n) is 3.86. The van der Waals surface area contributed by atoms with Crippen LogP contribution in [0.3, 0.4) is 0 Å². The molecule has 62 valence electrons. The molecule has 4 atom stereocenters. The van der Waals surface area contributed by atoms with E-state index in [0.29, 0.717) is 8.69 Å². The van der Waals surface area contributed by atoms with Crippen LogP contribution in [0.2, 0.25) is 0 Å². The monoisotopic (exact) mass is 174 g/mol. The number of hydrogen-bond acceptors (Lipinski definition) is 3. The number of ether oxygens (including phenoxy) is 1. The summed E-state index contributed by atoms with van der Waals surface area (Å²) in [6.45, 7) is 0.0689. The van der Waals surface area contributed by atoms with Gasteiger partial charge in [-0.1, -0.05) is 0 Å². The molecular weight excluding hydrogens is 161 g/mol. The zero-order valence-corrected chi connectivity index (χ0v) is 7.91. The summed E-state index contributed by atoms with van der Waals surface area (Å²) in [5, 5.41) is 8.88. The highest BCUT2D eigenvalue weighted by molar-refractivity contribution is 7.62. The van der Waals surface area contributed by atoms with Crippen LogP contribution in [0.1, 0.15) is 6.42 Å². The Morgan fingerprint density at radius 3 is 3.00 bits per heavy atom. The van der Waals surface area contributed by atoms with Gasteiger partial charge in [-0.15, -0.1) is 0 Å². The molecule has 0 amide bonds. The molecule has 0 aromatic rings. The van der Waals surface area contributed by atoms with Crippen molar-refractivity contribution in [2.24, 2.45) is 0 Å². The fourth-order valence-corrected chi connectivity index (χ4v) is 1.91. The van der Waals surface area contributed by atoms with Crippen molar-refractivity contribution in [2.75, 3.05) is 6.61 Å². The molecule has 1 fully saturated rings. The summed E-state index contributed by atoms with van der Waals surface area (Å²) in [7, 11) is 4.47. The minimum absolute atomic E-state index is 0.0689. The van der Waals surface area contributed by atoms with Crippen molar-refractivity contribution in [3.8, 4) is 0 Å². The lowest BCUT2D eigenvalue weighted by atomic mass is 9.96. The minimum Gasteiger partial charge on any atom is -0.394 e. The van der Waals surface area contributed by atoms with E-state index in [1.807, 2.05) is 15.4 Å². The van der Waals surface area contributed by atoms with Crippen LogP contribution < -0.4 is 0 Å². The van der Waals surface area contributed by atoms with Gasteiger partial charge in [0.1, 0.15) is 14.0 Å². The van der Waals surface area contributed by atoms with Crippen LogP contribution in [0, 0.1) is 0 Å². The second-order valence-corrected chi connectivity index (χ2v) is 3.41. The van der Waals surface area contributed by atoms with Crippen LogP contribution in [-0.2, 0) is 9.26 Å². The zero-order valence-electron chi connectivity index (χ0n) is 6.91. The van der Waals surface area contributed by atoms with Gasteiger partial charge in [-0.2, -0.15) is 0 Å². The van der Waals surface area contributed by atoms with Gasteiger partial charge >= 0.3 is 0 Å². The predicted octanol–water partition coefficient (Wildman–Crippen LogP) is -1.75. The molecule has 0 aromatic carbocycles. The van der Waals surface area contributed by atoms with E-state index in [1.54, 1.807) is 0 Å². The maximum absolute atomic E-state index is 8.88. The molecule has 1 heterocycles. The third-order valence-electron chi connectivity index (χ3n) is 1.84. The van der Waals surface area contributed by atoms with Gasteiger partial charge in [0, 0.05) is 6.00 Å². The summed E-state index contributed by atoms with van der Waals surface area (Å²) >= 11 is 0. The van der Waals surface area contributed by atoms with Crippen molar-refractivity contribution in [2.45, 2.75) is 24.6 Å². The van der Waals surface area contributed by atoms with Gasteiger partial charge in [-0.25, -0.2) is 0 Å². The molecule has 0 spiro atoms. The number of hydrogen-bond donors (Lipinski definition) is 1. The fourth-order valence-electron chi connectivity index (χ4n) is 1.36. The number of rotatable bonds is 3. The Labute approximate surface area is 70.5 Å². The molecule has 1 aliphatic rings. The quantitative estimate of drug-likeness (QED) is 0.407. The molecule has 1 rings (SSSR count). The first-order valence-corrected chi connectivity index (χ1v) is 5.27. The van der Waals surface area contributed by atoms with Crippen molar-refractivity contribution in [1.82, 2.24) is 0 Å². The highest BCUT2D eigenvalue weighted by Crippen LogP contribution is 2.25. The normalized spacial score (nSPS) is 38.8. The van der Waals surface area contributed by atoms with Crippen LogP contribution in [0.15, 0.2) is 0 Å². The highest BCUT2D eigenvalue weighted by atomic mass is 31.1. The SMILES string of the molecule is BPO[C@@H]1C[C@H](B)O[C@@H]1CO. The number of aliphatic hydroxyl groups is 1. The molecule has 3 nitrogen and oxygen atoms in total. The van der Waals surface area contributed by atoms with Crippen molar-refractivity contribution < 1.29 is 14.4 Å². The van der Waals surface area contributed by atoms with Crippen LogP contribution in [-0.4, -0.2) is 45.3 Å². The van der Waals surface area contributed by atoms with E-state index in [-0.39, 0.29) is 24.8 Å². The molecule has 1 unspecified atom stereocenters. The van der Waals surface area contributed by atoms with E-state index >= 15 is 0 Å². The maximum Gasteiger partial charge on any atom is 0.165 e. The topological polar surface area (TPSA) is 38.7 Å². The van der Waals surface area contributed by atoms with Crippen LogP contribution in [0.5, 0.6) is 0 Å². The van der Waals surface area contributed by atoms with E-state index in [0.717, 1.165) is 6.42 Å². The molecule has 0 aromatic heterocycles. The minimum atomic E-state index is -0.0996. The molecule has 0 bridgehead atoms. The van der Waals surface area contributed by atoms with Crippen molar-refractivity contribution in [1.29, 1.82) is 0 Å². The fraction of sp³-hybridized carbons (Fsp3) is 1.00. The average Bonchev–Trinajstić information content (AvgIpc) is 2.32. The van der Waals surface area contributed by atoms with Crippen molar-refractivity contribution in [3.63, 3.8) is 0 Å². The first kappa shape index (κ1) is 9.53. The van der Waals surface area contributed by atoms with Crippen molar-refractivity contribution >= 4 is 24.1 Å². The largest absolute Gasteiger partial charge is 0.394 e. The molecule has 11 heavy (non-hydrogen) atoms. The number of aliphatic hydroxyl groups excluding tert-OH is 1. The molecule has 1 aliphatic heterocycles. The summed E-state index contributed by atoms with van der Waals surface area (Å²) in [4.78, 5) is 0. The third-order valence-corrected chi connectivity index (χ3v) is 2.37. The van der Waals surface area contributed by atoms with Gasteiger partial charge in [-0.3, -0.25) is 0 Å². The summed E-state index contributed by atoms with van der Waals surface area (Å²) < 4.78 is 10.8. The van der Waals surface area contributed by atoms with Gasteiger partial charge in [0.25, 0.3) is 0 Å². The molecule has 1 saturated heterocycles. The summed E-state index contributed by atoms with van der Waals surface area (Å²) in [5.74, 6) is 0. The van der Waals surface area contributed by atoms with Gasteiger partial charge in [0.15, 0.2) is 7.57 Å². The lowest BCUT2D eigenvalue weighted by Crippen LogP contribution is -2.25. The predicted molar refractivity (Wildman–Crippen MR) is 50.6 cm³/mol. The molecule has 0 aliphatic carbocycles. The van der Waals surface area contributed by atoms with Gasteiger partial charge in [-0.05, 0) is 15.1 Å². The van der Waals surface area contributed by atoms with E-state index in [9.17, 15) is 0 Å². The molecule has 6 heteroatoms. The lowest BCUT2D eigenvalue weighted by Gasteiger charge is -2.15. The van der Waals surface area contributed by atoms with Crippen molar-refractivity contribution in [3.05, 3.63) is 0 Å². The first-order chi connectivity index (χ1) is 5.27. The summed E-state index contributed by atoms with van der Waals surface area (Å²) in [6, 6.07) is 0.230. The van der Waals surface area contributed by atoms with Crippen LogP contribution >= 0.6 is 8.69 Å². The van der Waals surface area contributed by atoms with E-state index < -0.39 is 0 Å². The molecular formula is C5H13B2O3P. The Bertz CT molecular complexity index is 126. The molecule has 0 radical (unpaired) electrons.